The van der Waals surface area contributed by atoms with Crippen molar-refractivity contribution in [2.24, 2.45) is 0 Å². The fraction of sp³-hybridized carbons (Fsp3) is 0.0526. The third kappa shape index (κ3) is 2.97. The summed E-state index contributed by atoms with van der Waals surface area (Å²) >= 11 is 1.13. The number of carbonyl (C=O) groups excluding carboxylic acids is 1. The number of rotatable bonds is 3. The van der Waals surface area contributed by atoms with Gasteiger partial charge in [-0.3, -0.25) is 9.20 Å². The number of nitrogens with one attached hydrogen (secondary N) is 1. The number of amides is 1. The molecule has 0 aliphatic carbocycles. The summed E-state index contributed by atoms with van der Waals surface area (Å²) in [5.41, 5.74) is 1.91. The first-order chi connectivity index (χ1) is 13.0. The lowest BCUT2D eigenvalue weighted by atomic mass is 10.2. The van der Waals surface area contributed by atoms with E-state index in [4.69, 9.17) is 0 Å². The molecule has 1 N–H and O–H groups in total. The fourth-order valence-corrected chi connectivity index (χ4v) is 3.71. The Labute approximate surface area is 155 Å². The summed E-state index contributed by atoms with van der Waals surface area (Å²) in [6.45, 7) is 1.73. The molecule has 0 aliphatic rings. The number of halogens is 3. The second-order valence-electron chi connectivity index (χ2n) is 5.84. The number of nitrogens with zero attached hydrogens (tertiary/aromatic N) is 2. The van der Waals surface area contributed by atoms with Crippen LogP contribution in [-0.2, 0) is 0 Å². The van der Waals surface area contributed by atoms with Crippen LogP contribution in [-0.4, -0.2) is 15.3 Å². The van der Waals surface area contributed by atoms with E-state index in [2.05, 4.69) is 10.3 Å². The van der Waals surface area contributed by atoms with E-state index in [9.17, 15) is 18.0 Å². The van der Waals surface area contributed by atoms with E-state index >= 15 is 0 Å². The highest BCUT2D eigenvalue weighted by Gasteiger charge is 2.21. The highest BCUT2D eigenvalue weighted by molar-refractivity contribution is 7.19. The Kier molecular flexibility index (Phi) is 4.19. The number of hydrogen-bond acceptors (Lipinski definition) is 3. The van der Waals surface area contributed by atoms with Crippen LogP contribution in [0.15, 0.2) is 48.7 Å². The van der Waals surface area contributed by atoms with Crippen LogP contribution in [0.25, 0.3) is 16.2 Å². The molecule has 1 amide bonds. The molecule has 0 saturated carbocycles. The van der Waals surface area contributed by atoms with Gasteiger partial charge in [-0.05, 0) is 19.1 Å². The van der Waals surface area contributed by atoms with Crippen LogP contribution in [0.3, 0.4) is 0 Å². The van der Waals surface area contributed by atoms with Crippen molar-refractivity contribution in [2.75, 3.05) is 5.32 Å². The Morgan fingerprint density at radius 2 is 1.81 bits per heavy atom. The number of aromatic nitrogens is 2. The van der Waals surface area contributed by atoms with Gasteiger partial charge in [-0.2, -0.15) is 0 Å². The smallest absolute Gasteiger partial charge is 0.267 e. The second kappa shape index (κ2) is 6.55. The zero-order chi connectivity index (χ0) is 19.1. The monoisotopic (exact) mass is 387 g/mol. The maximum absolute atomic E-state index is 13.8. The van der Waals surface area contributed by atoms with Crippen LogP contribution in [0, 0.1) is 24.4 Å². The number of aryl methyl sites for hydroxylation is 1. The average Bonchev–Trinajstić information content (AvgIpc) is 3.22. The Balaban J connectivity index is 1.66. The van der Waals surface area contributed by atoms with Crippen LogP contribution >= 0.6 is 11.3 Å². The molecule has 2 aromatic carbocycles. The minimum Gasteiger partial charge on any atom is -0.319 e. The number of benzene rings is 2. The number of imidazole rings is 1. The van der Waals surface area contributed by atoms with Crippen molar-refractivity contribution in [3.8, 4) is 11.3 Å². The van der Waals surface area contributed by atoms with E-state index in [1.54, 1.807) is 11.3 Å². The molecule has 4 rings (SSSR count). The lowest BCUT2D eigenvalue weighted by molar-refractivity contribution is 0.102. The summed E-state index contributed by atoms with van der Waals surface area (Å²) in [6, 6.07) is 11.3. The summed E-state index contributed by atoms with van der Waals surface area (Å²) < 4.78 is 41.9. The van der Waals surface area contributed by atoms with Gasteiger partial charge in [0, 0.05) is 17.5 Å². The highest BCUT2D eigenvalue weighted by atomic mass is 32.1. The minimum atomic E-state index is -1.63. The van der Waals surface area contributed by atoms with Crippen LogP contribution in [0.2, 0.25) is 0 Å². The Bertz CT molecular complexity index is 1170. The van der Waals surface area contributed by atoms with Gasteiger partial charge in [0.1, 0.15) is 4.88 Å². The first-order valence-corrected chi connectivity index (χ1v) is 8.76. The van der Waals surface area contributed by atoms with Gasteiger partial charge in [-0.1, -0.05) is 41.7 Å². The zero-order valence-electron chi connectivity index (χ0n) is 14.0. The summed E-state index contributed by atoms with van der Waals surface area (Å²) in [5.74, 6) is -4.99. The predicted molar refractivity (Wildman–Crippen MR) is 97.5 cm³/mol. The largest absolute Gasteiger partial charge is 0.319 e. The quantitative estimate of drug-likeness (QED) is 0.501. The summed E-state index contributed by atoms with van der Waals surface area (Å²) in [4.78, 5) is 17.9. The van der Waals surface area contributed by atoms with Crippen molar-refractivity contribution >= 4 is 27.9 Å². The van der Waals surface area contributed by atoms with Crippen molar-refractivity contribution in [2.45, 2.75) is 6.92 Å². The minimum absolute atomic E-state index is 0.307. The predicted octanol–water partition coefficient (Wildman–Crippen LogP) is 5.04. The molecule has 0 unspecified atom stereocenters. The van der Waals surface area contributed by atoms with Crippen LogP contribution in [0.4, 0.5) is 18.9 Å². The fourth-order valence-electron chi connectivity index (χ4n) is 2.71. The molecular formula is C19H12F3N3OS. The maximum atomic E-state index is 13.8. The number of fused-ring (bicyclic) bond motifs is 1. The van der Waals surface area contributed by atoms with Gasteiger partial charge in [0.2, 0.25) is 0 Å². The molecule has 4 nitrogen and oxygen atoms in total. The molecule has 2 aromatic heterocycles. The van der Waals surface area contributed by atoms with Gasteiger partial charge >= 0.3 is 0 Å². The molecule has 0 bridgehead atoms. The topological polar surface area (TPSA) is 46.4 Å². The molecule has 0 aliphatic heterocycles. The van der Waals surface area contributed by atoms with Gasteiger partial charge in [-0.25, -0.2) is 18.2 Å². The van der Waals surface area contributed by atoms with E-state index in [0.717, 1.165) is 34.7 Å². The molecule has 8 heteroatoms. The molecule has 4 aromatic rings. The lowest BCUT2D eigenvalue weighted by Gasteiger charge is -2.06. The SMILES string of the molecule is Cc1c(C(=O)Nc2ccc(F)c(F)c2F)sc2nc(-c3ccccc3)cn12. The third-order valence-electron chi connectivity index (χ3n) is 4.12. The third-order valence-corrected chi connectivity index (χ3v) is 5.27. The zero-order valence-corrected chi connectivity index (χ0v) is 14.8. The van der Waals surface area contributed by atoms with Gasteiger partial charge in [0.25, 0.3) is 5.91 Å². The number of thiazole rings is 1. The van der Waals surface area contributed by atoms with Crippen molar-refractivity contribution in [1.29, 1.82) is 0 Å². The number of hydrogen-bond donors (Lipinski definition) is 1. The van der Waals surface area contributed by atoms with Crippen LogP contribution in [0.1, 0.15) is 15.4 Å². The first kappa shape index (κ1) is 17.3. The molecule has 0 radical (unpaired) electrons. The lowest BCUT2D eigenvalue weighted by Crippen LogP contribution is -2.14. The number of carbonyl (C=O) groups is 1. The Morgan fingerprint density at radius 1 is 1.07 bits per heavy atom. The highest BCUT2D eigenvalue weighted by Crippen LogP contribution is 2.28. The molecule has 0 saturated heterocycles. The van der Waals surface area contributed by atoms with Gasteiger partial charge < -0.3 is 5.32 Å². The van der Waals surface area contributed by atoms with Crippen LogP contribution in [0.5, 0.6) is 0 Å². The van der Waals surface area contributed by atoms with Gasteiger partial charge in [-0.15, -0.1) is 0 Å². The van der Waals surface area contributed by atoms with E-state index in [1.165, 1.54) is 0 Å². The molecular weight excluding hydrogens is 375 g/mol. The molecule has 136 valence electrons. The van der Waals surface area contributed by atoms with E-state index < -0.39 is 29.0 Å². The molecule has 2 heterocycles. The summed E-state index contributed by atoms with van der Waals surface area (Å²) in [7, 11) is 0. The normalized spacial score (nSPS) is 11.1. The van der Waals surface area contributed by atoms with Gasteiger partial charge in [0.15, 0.2) is 22.4 Å². The number of anilines is 1. The van der Waals surface area contributed by atoms with Crippen molar-refractivity contribution < 1.29 is 18.0 Å². The Morgan fingerprint density at radius 3 is 2.52 bits per heavy atom. The van der Waals surface area contributed by atoms with Crippen LogP contribution < -0.4 is 5.32 Å². The summed E-state index contributed by atoms with van der Waals surface area (Å²) in [6.07, 6.45) is 1.81. The van der Waals surface area contributed by atoms with Crippen molar-refractivity contribution in [3.05, 3.63) is 76.7 Å². The average molecular weight is 387 g/mol. The van der Waals surface area contributed by atoms with Gasteiger partial charge in [0.05, 0.1) is 11.4 Å². The standard InChI is InChI=1S/C19H12F3N3OS/c1-10-17(18(26)23-13-8-7-12(20)15(21)16(13)22)27-19-24-14(9-25(10)19)11-5-3-2-4-6-11/h2-9H,1H3,(H,23,26). The van der Waals surface area contributed by atoms with Crippen molar-refractivity contribution in [1.82, 2.24) is 9.38 Å². The maximum Gasteiger partial charge on any atom is 0.267 e. The molecule has 0 spiro atoms. The molecule has 0 atom stereocenters. The van der Waals surface area contributed by atoms with E-state index in [0.29, 0.717) is 15.5 Å². The molecule has 0 fully saturated rings. The summed E-state index contributed by atoms with van der Waals surface area (Å²) in [5, 5.41) is 2.28. The molecule has 27 heavy (non-hydrogen) atoms. The van der Waals surface area contributed by atoms with E-state index in [1.807, 2.05) is 36.5 Å². The first-order valence-electron chi connectivity index (χ1n) is 7.94. The van der Waals surface area contributed by atoms with Crippen molar-refractivity contribution in [3.63, 3.8) is 0 Å². The second-order valence-corrected chi connectivity index (χ2v) is 6.82. The Hall–Kier alpha value is -3.13. The van der Waals surface area contributed by atoms with E-state index in [-0.39, 0.29) is 0 Å².